The van der Waals surface area contributed by atoms with Crippen LogP contribution in [0, 0.1) is 3.57 Å². The van der Waals surface area contributed by atoms with Crippen LogP contribution in [0.5, 0.6) is 0 Å². The maximum absolute atomic E-state index is 4.63. The van der Waals surface area contributed by atoms with Gasteiger partial charge in [-0.25, -0.2) is 0 Å². The zero-order chi connectivity index (χ0) is 12.4. The van der Waals surface area contributed by atoms with Crippen LogP contribution in [0.2, 0.25) is 0 Å². The van der Waals surface area contributed by atoms with Gasteiger partial charge in [0.2, 0.25) is 0 Å². The molecule has 0 spiro atoms. The van der Waals surface area contributed by atoms with Gasteiger partial charge in [-0.05, 0) is 70.1 Å². The molecule has 0 aromatic heterocycles. The molecular formula is C12H14BrIN2S. The quantitative estimate of drug-likeness (QED) is 0.658. The van der Waals surface area contributed by atoms with Gasteiger partial charge < -0.3 is 5.32 Å². The molecule has 1 aliphatic heterocycles. The number of thioether (sulfide) groups is 1. The van der Waals surface area contributed by atoms with E-state index in [1.54, 1.807) is 0 Å². The van der Waals surface area contributed by atoms with Gasteiger partial charge in [0.25, 0.3) is 0 Å². The van der Waals surface area contributed by atoms with E-state index in [2.05, 4.69) is 80.9 Å². The zero-order valence-corrected chi connectivity index (χ0v) is 14.3. The van der Waals surface area contributed by atoms with Gasteiger partial charge in [-0.2, -0.15) is 0 Å². The molecule has 1 N–H and O–H groups in total. The summed E-state index contributed by atoms with van der Waals surface area (Å²) in [6.07, 6.45) is 1.16. The largest absolute Gasteiger partial charge is 0.335 e. The van der Waals surface area contributed by atoms with Gasteiger partial charge in [-0.3, -0.25) is 4.99 Å². The van der Waals surface area contributed by atoms with Crippen LogP contribution in [0.4, 0.5) is 5.69 Å². The fourth-order valence-electron chi connectivity index (χ4n) is 1.76. The second kappa shape index (κ2) is 5.93. The number of nitrogens with zero attached hydrogens (tertiary/aromatic N) is 1. The Labute approximate surface area is 128 Å². The molecule has 17 heavy (non-hydrogen) atoms. The zero-order valence-electron chi connectivity index (χ0n) is 9.71. The Morgan fingerprint density at radius 1 is 1.47 bits per heavy atom. The topological polar surface area (TPSA) is 24.4 Å². The van der Waals surface area contributed by atoms with Crippen molar-refractivity contribution in [1.29, 1.82) is 0 Å². The maximum atomic E-state index is 4.63. The maximum Gasteiger partial charge on any atom is 0.161 e. The molecule has 5 heteroatoms. The first-order chi connectivity index (χ1) is 8.04. The number of rotatable bonds is 1. The second-order valence-electron chi connectivity index (χ2n) is 4.20. The number of hydrogen-bond acceptors (Lipinski definition) is 3. The monoisotopic (exact) mass is 424 g/mol. The van der Waals surface area contributed by atoms with E-state index in [1.807, 2.05) is 11.8 Å². The highest BCUT2D eigenvalue weighted by molar-refractivity contribution is 14.1. The third-order valence-corrected chi connectivity index (χ3v) is 5.86. The molecule has 0 bridgehead atoms. The minimum atomic E-state index is 0.418. The van der Waals surface area contributed by atoms with E-state index in [1.165, 1.54) is 3.57 Å². The van der Waals surface area contributed by atoms with Gasteiger partial charge in [0.15, 0.2) is 5.17 Å². The van der Waals surface area contributed by atoms with Crippen LogP contribution < -0.4 is 5.32 Å². The molecule has 0 saturated heterocycles. The fraction of sp³-hybridized carbons (Fsp3) is 0.417. The molecule has 1 heterocycles. The molecule has 2 rings (SSSR count). The molecule has 0 fully saturated rings. The highest BCUT2D eigenvalue weighted by Gasteiger charge is 2.18. The lowest BCUT2D eigenvalue weighted by Gasteiger charge is -2.23. The van der Waals surface area contributed by atoms with Crippen LogP contribution in [0.15, 0.2) is 27.7 Å². The molecule has 92 valence electrons. The molecule has 2 unspecified atom stereocenters. The first-order valence-electron chi connectivity index (χ1n) is 5.51. The van der Waals surface area contributed by atoms with Crippen LogP contribution in [-0.4, -0.2) is 16.5 Å². The summed E-state index contributed by atoms with van der Waals surface area (Å²) in [5.41, 5.74) is 1.09. The van der Waals surface area contributed by atoms with Crippen LogP contribution in [0.3, 0.4) is 0 Å². The van der Waals surface area contributed by atoms with E-state index in [9.17, 15) is 0 Å². The minimum Gasteiger partial charge on any atom is -0.335 e. The van der Waals surface area contributed by atoms with Gasteiger partial charge in [0.1, 0.15) is 0 Å². The Kier molecular flexibility index (Phi) is 4.77. The van der Waals surface area contributed by atoms with Crippen molar-refractivity contribution in [3.63, 3.8) is 0 Å². The van der Waals surface area contributed by atoms with E-state index >= 15 is 0 Å². The molecular weight excluding hydrogens is 411 g/mol. The summed E-state index contributed by atoms with van der Waals surface area (Å²) in [5, 5.41) is 5.06. The number of nitrogens with one attached hydrogen (secondary N) is 1. The van der Waals surface area contributed by atoms with Crippen molar-refractivity contribution in [2.24, 2.45) is 4.99 Å². The molecule has 0 radical (unpaired) electrons. The number of hydrogen-bond donors (Lipinski definition) is 1. The van der Waals surface area contributed by atoms with Gasteiger partial charge in [-0.1, -0.05) is 18.7 Å². The number of amidine groups is 1. The van der Waals surface area contributed by atoms with E-state index in [0.29, 0.717) is 11.3 Å². The van der Waals surface area contributed by atoms with E-state index in [4.69, 9.17) is 0 Å². The Bertz CT molecular complexity index is 450. The van der Waals surface area contributed by atoms with E-state index in [-0.39, 0.29) is 0 Å². The summed E-state index contributed by atoms with van der Waals surface area (Å²) in [6.45, 7) is 4.42. The van der Waals surface area contributed by atoms with Crippen LogP contribution in [-0.2, 0) is 0 Å². The smallest absolute Gasteiger partial charge is 0.161 e. The molecule has 1 aromatic rings. The molecule has 1 aliphatic rings. The summed E-state index contributed by atoms with van der Waals surface area (Å²) in [5.74, 6) is 0. The van der Waals surface area contributed by atoms with Gasteiger partial charge in [-0.15, -0.1) is 0 Å². The van der Waals surface area contributed by atoms with Crippen LogP contribution in [0.25, 0.3) is 0 Å². The number of benzene rings is 1. The summed E-state index contributed by atoms with van der Waals surface area (Å²) in [6, 6.07) is 6.68. The number of anilines is 1. The first-order valence-corrected chi connectivity index (χ1v) is 8.26. The van der Waals surface area contributed by atoms with Gasteiger partial charge in [0, 0.05) is 19.0 Å². The number of aliphatic imine (C=N–C) groups is 1. The van der Waals surface area contributed by atoms with Crippen molar-refractivity contribution in [3.05, 3.63) is 26.2 Å². The molecule has 0 amide bonds. The highest BCUT2D eigenvalue weighted by atomic mass is 127. The normalized spacial score (nSPS) is 24.4. The van der Waals surface area contributed by atoms with Crippen molar-refractivity contribution in [2.45, 2.75) is 31.6 Å². The van der Waals surface area contributed by atoms with Crippen molar-refractivity contribution in [2.75, 3.05) is 5.32 Å². The third kappa shape index (κ3) is 3.86. The number of halogens is 2. The van der Waals surface area contributed by atoms with Crippen molar-refractivity contribution < 1.29 is 0 Å². The lowest BCUT2D eigenvalue weighted by molar-refractivity contribution is 0.661. The lowest BCUT2D eigenvalue weighted by Crippen LogP contribution is -2.22. The average Bonchev–Trinajstić information content (AvgIpc) is 2.22. The summed E-state index contributed by atoms with van der Waals surface area (Å²) in [7, 11) is 0. The van der Waals surface area contributed by atoms with Crippen LogP contribution >= 0.6 is 50.3 Å². The minimum absolute atomic E-state index is 0.418. The molecule has 1 aromatic carbocycles. The molecule has 0 aliphatic carbocycles. The third-order valence-electron chi connectivity index (χ3n) is 2.49. The van der Waals surface area contributed by atoms with Gasteiger partial charge >= 0.3 is 0 Å². The molecule has 2 nitrogen and oxygen atoms in total. The predicted octanol–water partition coefficient (Wildman–Crippen LogP) is 4.74. The SMILES string of the molecule is CC1CC(C)SC(Nc2ccc(I)c(Br)c2)=N1. The average molecular weight is 425 g/mol. The standard InChI is InChI=1S/C12H14BrIN2S/c1-7-5-8(2)17-12(15-7)16-9-3-4-11(14)10(13)6-9/h3-4,6-8H,5H2,1-2H3,(H,15,16). The fourth-order valence-corrected chi connectivity index (χ4v) is 3.65. The first kappa shape index (κ1) is 13.7. The molecule has 0 saturated carbocycles. The Balaban J connectivity index is 2.12. The predicted molar refractivity (Wildman–Crippen MR) is 89.0 cm³/mol. The lowest BCUT2D eigenvalue weighted by atomic mass is 10.2. The van der Waals surface area contributed by atoms with Crippen molar-refractivity contribution >= 4 is 61.1 Å². The van der Waals surface area contributed by atoms with Gasteiger partial charge in [0.05, 0.1) is 6.04 Å². The van der Waals surface area contributed by atoms with E-state index < -0.39 is 0 Å². The van der Waals surface area contributed by atoms with E-state index in [0.717, 1.165) is 21.7 Å². The highest BCUT2D eigenvalue weighted by Crippen LogP contribution is 2.28. The summed E-state index contributed by atoms with van der Waals surface area (Å²) in [4.78, 5) is 4.63. The van der Waals surface area contributed by atoms with Crippen LogP contribution in [0.1, 0.15) is 20.3 Å². The Morgan fingerprint density at radius 3 is 2.88 bits per heavy atom. The summed E-state index contributed by atoms with van der Waals surface area (Å²) >= 11 is 7.67. The Hall–Kier alpha value is 0.250. The van der Waals surface area contributed by atoms with Crippen molar-refractivity contribution in [1.82, 2.24) is 0 Å². The second-order valence-corrected chi connectivity index (χ2v) is 7.64. The van der Waals surface area contributed by atoms with Crippen molar-refractivity contribution in [3.8, 4) is 0 Å². The molecule has 2 atom stereocenters. The Morgan fingerprint density at radius 2 is 2.24 bits per heavy atom. The summed E-state index contributed by atoms with van der Waals surface area (Å²) < 4.78 is 2.33.